The van der Waals surface area contributed by atoms with Crippen molar-refractivity contribution in [2.24, 2.45) is 5.92 Å². The number of carboxylic acid groups (broad SMARTS) is 1. The van der Waals surface area contributed by atoms with Gasteiger partial charge in [-0.15, -0.1) is 0 Å². The summed E-state index contributed by atoms with van der Waals surface area (Å²) < 4.78 is 0. The number of fused-ring (bicyclic) bond motifs is 1. The summed E-state index contributed by atoms with van der Waals surface area (Å²) in [4.78, 5) is 15.0. The molecule has 0 saturated carbocycles. The molecule has 1 heterocycles. The fourth-order valence-electron chi connectivity index (χ4n) is 2.00. The van der Waals surface area contributed by atoms with Crippen LogP contribution < -0.4 is 5.32 Å². The van der Waals surface area contributed by atoms with E-state index in [-0.39, 0.29) is 5.92 Å². The fourth-order valence-corrected chi connectivity index (χ4v) is 2.00. The Morgan fingerprint density at radius 1 is 1.37 bits per heavy atom. The molecule has 2 N–H and O–H groups in total. The highest BCUT2D eigenvalue weighted by Crippen LogP contribution is 2.20. The molecule has 1 unspecified atom stereocenters. The van der Waals surface area contributed by atoms with Crippen LogP contribution in [0.2, 0.25) is 0 Å². The third-order valence-electron chi connectivity index (χ3n) is 3.20. The van der Waals surface area contributed by atoms with Crippen LogP contribution in [0.3, 0.4) is 0 Å². The first-order valence-electron chi connectivity index (χ1n) is 6.49. The van der Waals surface area contributed by atoms with Gasteiger partial charge in [0.1, 0.15) is 5.82 Å². The van der Waals surface area contributed by atoms with E-state index in [1.165, 1.54) is 0 Å². The van der Waals surface area contributed by atoms with Crippen LogP contribution >= 0.6 is 0 Å². The molecule has 0 saturated heterocycles. The van der Waals surface area contributed by atoms with E-state index in [4.69, 9.17) is 5.11 Å². The molecule has 0 fully saturated rings. The van der Waals surface area contributed by atoms with E-state index >= 15 is 0 Å². The minimum absolute atomic E-state index is 0.290. The molecule has 1 atom stereocenters. The molecule has 1 aromatic carbocycles. The molecule has 0 aliphatic heterocycles. The van der Waals surface area contributed by atoms with Gasteiger partial charge in [0.25, 0.3) is 0 Å². The van der Waals surface area contributed by atoms with Gasteiger partial charge in [0.15, 0.2) is 0 Å². The summed E-state index contributed by atoms with van der Waals surface area (Å²) in [5.41, 5.74) is 0. The van der Waals surface area contributed by atoms with Gasteiger partial charge in [0.2, 0.25) is 0 Å². The van der Waals surface area contributed by atoms with Gasteiger partial charge in [-0.3, -0.25) is 4.79 Å². The van der Waals surface area contributed by atoms with Crippen molar-refractivity contribution < 1.29 is 9.90 Å². The molecule has 0 radical (unpaired) electrons. The summed E-state index contributed by atoms with van der Waals surface area (Å²) in [6, 6.07) is 10.1. The Bertz CT molecular complexity index is 564. The summed E-state index contributed by atoms with van der Waals surface area (Å²) in [5, 5.41) is 14.3. The first kappa shape index (κ1) is 13.3. The molecule has 4 heteroatoms. The smallest absolute Gasteiger partial charge is 0.306 e. The molecule has 0 amide bonds. The van der Waals surface area contributed by atoms with Crippen LogP contribution in [0, 0.1) is 5.92 Å². The number of pyridine rings is 1. The number of carbonyl (C=O) groups is 1. The van der Waals surface area contributed by atoms with Gasteiger partial charge in [0.05, 0.1) is 5.92 Å². The van der Waals surface area contributed by atoms with E-state index in [9.17, 15) is 4.79 Å². The van der Waals surface area contributed by atoms with E-state index in [0.717, 1.165) is 29.6 Å². The van der Waals surface area contributed by atoms with E-state index < -0.39 is 5.97 Å². The lowest BCUT2D eigenvalue weighted by molar-refractivity contribution is -0.141. The van der Waals surface area contributed by atoms with Gasteiger partial charge in [-0.2, -0.15) is 0 Å². The molecule has 0 spiro atoms. The average Bonchev–Trinajstić information content (AvgIpc) is 2.43. The number of hydrogen-bond donors (Lipinski definition) is 2. The molecule has 19 heavy (non-hydrogen) atoms. The van der Waals surface area contributed by atoms with Crippen molar-refractivity contribution in [3.63, 3.8) is 0 Å². The Morgan fingerprint density at radius 3 is 2.95 bits per heavy atom. The summed E-state index contributed by atoms with van der Waals surface area (Å²) in [6.07, 6.45) is 3.27. The van der Waals surface area contributed by atoms with E-state index in [0.29, 0.717) is 6.42 Å². The SMILES string of the molecule is CC(CCCNc1nccc2ccccc12)C(=O)O. The van der Waals surface area contributed by atoms with Crippen molar-refractivity contribution in [1.29, 1.82) is 0 Å². The highest BCUT2D eigenvalue weighted by molar-refractivity contribution is 5.91. The van der Waals surface area contributed by atoms with Gasteiger partial charge in [0, 0.05) is 18.1 Å². The largest absolute Gasteiger partial charge is 0.481 e. The lowest BCUT2D eigenvalue weighted by Gasteiger charge is -2.09. The maximum atomic E-state index is 10.7. The maximum Gasteiger partial charge on any atom is 0.306 e. The molecule has 1 aromatic heterocycles. The highest BCUT2D eigenvalue weighted by atomic mass is 16.4. The molecule has 2 rings (SSSR count). The first-order valence-corrected chi connectivity index (χ1v) is 6.49. The molecule has 0 aliphatic rings. The monoisotopic (exact) mass is 258 g/mol. The van der Waals surface area contributed by atoms with Crippen molar-refractivity contribution in [2.75, 3.05) is 11.9 Å². The molecular weight excluding hydrogens is 240 g/mol. The number of rotatable bonds is 6. The van der Waals surface area contributed by atoms with Gasteiger partial charge >= 0.3 is 5.97 Å². The quantitative estimate of drug-likeness (QED) is 0.781. The second-order valence-corrected chi connectivity index (χ2v) is 4.69. The zero-order valence-corrected chi connectivity index (χ0v) is 11.0. The number of carboxylic acids is 1. The molecular formula is C15H18N2O2. The number of nitrogens with zero attached hydrogens (tertiary/aromatic N) is 1. The lowest BCUT2D eigenvalue weighted by atomic mass is 10.1. The van der Waals surface area contributed by atoms with Crippen LogP contribution in [-0.4, -0.2) is 22.6 Å². The lowest BCUT2D eigenvalue weighted by Crippen LogP contribution is -2.12. The second kappa shape index (κ2) is 6.18. The van der Waals surface area contributed by atoms with Crippen LogP contribution in [-0.2, 0) is 4.79 Å². The number of benzene rings is 1. The number of aliphatic carboxylic acids is 1. The molecule has 100 valence electrons. The van der Waals surface area contributed by atoms with Crippen molar-refractivity contribution >= 4 is 22.6 Å². The van der Waals surface area contributed by atoms with Crippen LogP contribution in [0.15, 0.2) is 36.5 Å². The number of aromatic nitrogens is 1. The zero-order valence-electron chi connectivity index (χ0n) is 11.0. The average molecular weight is 258 g/mol. The predicted octanol–water partition coefficient (Wildman–Crippen LogP) is 3.15. The predicted molar refractivity (Wildman–Crippen MR) is 76.3 cm³/mol. The van der Waals surface area contributed by atoms with E-state index in [1.807, 2.05) is 24.3 Å². The molecule has 4 nitrogen and oxygen atoms in total. The topological polar surface area (TPSA) is 62.2 Å². The minimum atomic E-state index is -0.733. The second-order valence-electron chi connectivity index (χ2n) is 4.69. The molecule has 2 aromatic rings. The Hall–Kier alpha value is -2.10. The van der Waals surface area contributed by atoms with Crippen molar-refractivity contribution in [3.05, 3.63) is 36.5 Å². The summed E-state index contributed by atoms with van der Waals surface area (Å²) in [5.74, 6) is -0.161. The maximum absolute atomic E-state index is 10.7. The van der Waals surface area contributed by atoms with Crippen molar-refractivity contribution in [3.8, 4) is 0 Å². The van der Waals surface area contributed by atoms with Crippen LogP contribution in [0.1, 0.15) is 19.8 Å². The Labute approximate surface area is 112 Å². The normalized spacial score (nSPS) is 12.3. The number of anilines is 1. The van der Waals surface area contributed by atoms with Crippen LogP contribution in [0.25, 0.3) is 10.8 Å². The Balaban J connectivity index is 1.93. The Kier molecular flexibility index (Phi) is 4.34. The van der Waals surface area contributed by atoms with Gasteiger partial charge in [-0.1, -0.05) is 31.2 Å². The fraction of sp³-hybridized carbons (Fsp3) is 0.333. The summed E-state index contributed by atoms with van der Waals surface area (Å²) >= 11 is 0. The third kappa shape index (κ3) is 3.44. The van der Waals surface area contributed by atoms with Crippen LogP contribution in [0.5, 0.6) is 0 Å². The van der Waals surface area contributed by atoms with E-state index in [2.05, 4.69) is 16.4 Å². The van der Waals surface area contributed by atoms with Crippen molar-refractivity contribution in [2.45, 2.75) is 19.8 Å². The number of hydrogen-bond acceptors (Lipinski definition) is 3. The van der Waals surface area contributed by atoms with Gasteiger partial charge in [-0.05, 0) is 24.3 Å². The molecule has 0 bridgehead atoms. The zero-order chi connectivity index (χ0) is 13.7. The third-order valence-corrected chi connectivity index (χ3v) is 3.20. The minimum Gasteiger partial charge on any atom is -0.481 e. The van der Waals surface area contributed by atoms with Gasteiger partial charge < -0.3 is 10.4 Å². The standard InChI is InChI=1S/C15H18N2O2/c1-11(15(18)19)5-4-9-16-14-13-7-3-2-6-12(13)8-10-17-14/h2-3,6-8,10-11H,4-5,9H2,1H3,(H,16,17)(H,18,19). The highest BCUT2D eigenvalue weighted by Gasteiger charge is 2.09. The molecule has 0 aliphatic carbocycles. The van der Waals surface area contributed by atoms with Gasteiger partial charge in [-0.25, -0.2) is 4.98 Å². The first-order chi connectivity index (χ1) is 9.18. The summed E-state index contributed by atoms with van der Waals surface area (Å²) in [6.45, 7) is 2.47. The number of nitrogens with one attached hydrogen (secondary N) is 1. The Morgan fingerprint density at radius 2 is 2.16 bits per heavy atom. The van der Waals surface area contributed by atoms with E-state index in [1.54, 1.807) is 13.1 Å². The van der Waals surface area contributed by atoms with Crippen LogP contribution in [0.4, 0.5) is 5.82 Å². The van der Waals surface area contributed by atoms with Crippen molar-refractivity contribution in [1.82, 2.24) is 4.98 Å². The summed E-state index contributed by atoms with van der Waals surface area (Å²) in [7, 11) is 0.